The van der Waals surface area contributed by atoms with Gasteiger partial charge in [-0.15, -0.1) is 0 Å². The van der Waals surface area contributed by atoms with Crippen molar-refractivity contribution in [2.24, 2.45) is 5.92 Å². The molecule has 0 bridgehead atoms. The van der Waals surface area contributed by atoms with Crippen LogP contribution in [-0.2, 0) is 6.54 Å². The molecule has 2 atom stereocenters. The number of hydrogen-bond acceptors (Lipinski definition) is 2. The smallest absolute Gasteiger partial charge is 0.0949 e. The van der Waals surface area contributed by atoms with Crippen LogP contribution in [0.3, 0.4) is 0 Å². The Labute approximate surface area is 111 Å². The Morgan fingerprint density at radius 2 is 2.11 bits per heavy atom. The monoisotopic (exact) mass is 249 g/mol. The molecule has 0 amide bonds. The fourth-order valence-corrected chi connectivity index (χ4v) is 3.09. The van der Waals surface area contributed by atoms with Crippen LogP contribution in [0.1, 0.15) is 57.6 Å². The second-order valence-electron chi connectivity index (χ2n) is 5.44. The Kier molecular flexibility index (Phi) is 5.24. The molecule has 0 saturated heterocycles. The van der Waals surface area contributed by atoms with Crippen molar-refractivity contribution in [3.8, 4) is 0 Å². The number of rotatable bonds is 5. The Hall–Kier alpha value is -0.830. The van der Waals surface area contributed by atoms with Gasteiger partial charge < -0.3 is 9.88 Å². The maximum absolute atomic E-state index is 4.65. The first-order valence-corrected chi connectivity index (χ1v) is 7.57. The van der Waals surface area contributed by atoms with E-state index in [2.05, 4.69) is 34.9 Å². The first-order chi connectivity index (χ1) is 8.85. The maximum Gasteiger partial charge on any atom is 0.0949 e. The van der Waals surface area contributed by atoms with Gasteiger partial charge in [0, 0.05) is 18.7 Å². The molecule has 1 aliphatic carbocycles. The molecule has 0 aromatic carbocycles. The maximum atomic E-state index is 4.65. The lowest BCUT2D eigenvalue weighted by atomic mass is 9.85. The Morgan fingerprint density at radius 1 is 1.28 bits per heavy atom. The molecule has 0 spiro atoms. The molecule has 0 radical (unpaired) electrons. The third-order valence-corrected chi connectivity index (χ3v) is 4.21. The summed E-state index contributed by atoms with van der Waals surface area (Å²) in [5.41, 5.74) is 1.32. The number of hydrogen-bond donors (Lipinski definition) is 1. The highest BCUT2D eigenvalue weighted by Crippen LogP contribution is 2.35. The van der Waals surface area contributed by atoms with Crippen molar-refractivity contribution in [2.45, 2.75) is 58.4 Å². The Bertz CT molecular complexity index is 345. The molecule has 0 aliphatic heterocycles. The molecular weight excluding hydrogens is 222 g/mol. The average molecular weight is 249 g/mol. The molecule has 1 N–H and O–H groups in total. The first kappa shape index (κ1) is 13.6. The lowest BCUT2D eigenvalue weighted by molar-refractivity contribution is 0.374. The van der Waals surface area contributed by atoms with Crippen LogP contribution in [0.25, 0.3) is 0 Å². The van der Waals surface area contributed by atoms with E-state index in [0.29, 0.717) is 5.92 Å². The van der Waals surface area contributed by atoms with Gasteiger partial charge in [-0.1, -0.05) is 26.2 Å². The normalized spacial score (nSPS) is 25.0. The summed E-state index contributed by atoms with van der Waals surface area (Å²) in [7, 11) is 0. The van der Waals surface area contributed by atoms with Crippen LogP contribution in [0.5, 0.6) is 0 Å². The number of nitrogens with zero attached hydrogens (tertiary/aromatic N) is 2. The van der Waals surface area contributed by atoms with Crippen LogP contribution in [0.4, 0.5) is 0 Å². The van der Waals surface area contributed by atoms with Crippen molar-refractivity contribution in [3.05, 3.63) is 18.2 Å². The predicted molar refractivity (Wildman–Crippen MR) is 75.8 cm³/mol. The number of imidazole rings is 1. The second-order valence-corrected chi connectivity index (χ2v) is 5.44. The van der Waals surface area contributed by atoms with Gasteiger partial charge in [0.05, 0.1) is 12.0 Å². The zero-order valence-electron chi connectivity index (χ0n) is 11.9. The fraction of sp³-hybridized carbons (Fsp3) is 0.800. The minimum atomic E-state index is 0.666. The summed E-state index contributed by atoms with van der Waals surface area (Å²) in [6.07, 6.45) is 11.1. The summed E-state index contributed by atoms with van der Waals surface area (Å²) in [5.74, 6) is 1.44. The first-order valence-electron chi connectivity index (χ1n) is 7.57. The van der Waals surface area contributed by atoms with E-state index in [0.717, 1.165) is 25.6 Å². The molecule has 18 heavy (non-hydrogen) atoms. The van der Waals surface area contributed by atoms with Gasteiger partial charge in [-0.3, -0.25) is 0 Å². The van der Waals surface area contributed by atoms with Crippen molar-refractivity contribution >= 4 is 0 Å². The van der Waals surface area contributed by atoms with Crippen molar-refractivity contribution in [2.75, 3.05) is 13.1 Å². The molecule has 1 aromatic heterocycles. The van der Waals surface area contributed by atoms with E-state index in [1.165, 1.54) is 37.8 Å². The van der Waals surface area contributed by atoms with Gasteiger partial charge in [0.15, 0.2) is 0 Å². The van der Waals surface area contributed by atoms with Gasteiger partial charge in [0.25, 0.3) is 0 Å². The molecular formula is C15H27N3. The largest absolute Gasteiger partial charge is 0.337 e. The van der Waals surface area contributed by atoms with Gasteiger partial charge in [-0.05, 0) is 38.8 Å². The Balaban J connectivity index is 2.08. The van der Waals surface area contributed by atoms with E-state index in [-0.39, 0.29) is 0 Å². The van der Waals surface area contributed by atoms with Gasteiger partial charge >= 0.3 is 0 Å². The third-order valence-electron chi connectivity index (χ3n) is 4.21. The topological polar surface area (TPSA) is 29.9 Å². The molecule has 1 heterocycles. The quantitative estimate of drug-likeness (QED) is 0.812. The molecule has 1 saturated carbocycles. The average Bonchev–Trinajstić information content (AvgIpc) is 2.75. The van der Waals surface area contributed by atoms with Gasteiger partial charge in [0.2, 0.25) is 0 Å². The van der Waals surface area contributed by atoms with Gasteiger partial charge in [0.1, 0.15) is 0 Å². The van der Waals surface area contributed by atoms with Gasteiger partial charge in [-0.25, -0.2) is 4.98 Å². The lowest BCUT2D eigenvalue weighted by Crippen LogP contribution is -2.26. The van der Waals surface area contributed by atoms with Crippen LogP contribution in [0, 0.1) is 5.92 Å². The Morgan fingerprint density at radius 3 is 2.83 bits per heavy atom. The minimum absolute atomic E-state index is 0.666. The molecule has 1 aromatic rings. The molecule has 2 unspecified atom stereocenters. The number of nitrogens with one attached hydrogen (secondary N) is 1. The van der Waals surface area contributed by atoms with Crippen LogP contribution in [0.2, 0.25) is 0 Å². The van der Waals surface area contributed by atoms with Crippen LogP contribution >= 0.6 is 0 Å². The van der Waals surface area contributed by atoms with Crippen molar-refractivity contribution in [3.63, 3.8) is 0 Å². The summed E-state index contributed by atoms with van der Waals surface area (Å²) < 4.78 is 2.20. The number of aryl methyl sites for hydroxylation is 1. The van der Waals surface area contributed by atoms with E-state index in [9.17, 15) is 0 Å². The van der Waals surface area contributed by atoms with Crippen molar-refractivity contribution in [1.29, 1.82) is 0 Å². The van der Waals surface area contributed by atoms with E-state index in [4.69, 9.17) is 0 Å². The predicted octanol–water partition coefficient (Wildman–Crippen LogP) is 3.18. The second kappa shape index (κ2) is 6.93. The zero-order valence-corrected chi connectivity index (χ0v) is 11.9. The fourth-order valence-electron chi connectivity index (χ4n) is 3.09. The van der Waals surface area contributed by atoms with Crippen LogP contribution in [-0.4, -0.2) is 22.6 Å². The minimum Gasteiger partial charge on any atom is -0.337 e. The highest BCUT2D eigenvalue weighted by molar-refractivity contribution is 5.07. The SMILES string of the molecule is CCNCC1CCCCCC1c1cn(CC)cn1. The number of aromatic nitrogens is 2. The standard InChI is InChI=1S/C15H27N3/c1-3-16-10-13-8-6-5-7-9-14(13)15-11-18(4-2)12-17-15/h11-14,16H,3-10H2,1-2H3. The van der Waals surface area contributed by atoms with E-state index in [1.807, 2.05) is 6.33 Å². The van der Waals surface area contributed by atoms with E-state index >= 15 is 0 Å². The summed E-state index contributed by atoms with van der Waals surface area (Å²) >= 11 is 0. The van der Waals surface area contributed by atoms with E-state index in [1.54, 1.807) is 0 Å². The third kappa shape index (κ3) is 3.35. The molecule has 2 rings (SSSR count). The highest BCUT2D eigenvalue weighted by atomic mass is 15.0. The molecule has 1 fully saturated rings. The van der Waals surface area contributed by atoms with E-state index < -0.39 is 0 Å². The van der Waals surface area contributed by atoms with Crippen LogP contribution in [0.15, 0.2) is 12.5 Å². The lowest BCUT2D eigenvalue weighted by Gasteiger charge is -2.23. The van der Waals surface area contributed by atoms with Crippen LogP contribution < -0.4 is 5.32 Å². The summed E-state index contributed by atoms with van der Waals surface area (Å²) in [5, 5.41) is 3.53. The van der Waals surface area contributed by atoms with Crippen molar-refractivity contribution in [1.82, 2.24) is 14.9 Å². The molecule has 102 valence electrons. The summed E-state index contributed by atoms with van der Waals surface area (Å²) in [6, 6.07) is 0. The summed E-state index contributed by atoms with van der Waals surface area (Å²) in [4.78, 5) is 4.65. The van der Waals surface area contributed by atoms with Crippen molar-refractivity contribution < 1.29 is 0 Å². The molecule has 3 nitrogen and oxygen atoms in total. The summed E-state index contributed by atoms with van der Waals surface area (Å²) in [6.45, 7) is 7.62. The molecule has 1 aliphatic rings. The zero-order chi connectivity index (χ0) is 12.8. The highest BCUT2D eigenvalue weighted by Gasteiger charge is 2.26. The van der Waals surface area contributed by atoms with Gasteiger partial charge in [-0.2, -0.15) is 0 Å². The molecule has 3 heteroatoms.